The summed E-state index contributed by atoms with van der Waals surface area (Å²) in [5.41, 5.74) is 1.13. The molecule has 4 heteroatoms. The van der Waals surface area contributed by atoms with Crippen molar-refractivity contribution in [2.75, 3.05) is 13.3 Å². The van der Waals surface area contributed by atoms with E-state index < -0.39 is 8.03 Å². The first-order valence-corrected chi connectivity index (χ1v) is 6.37. The quantitative estimate of drug-likeness (QED) is 0.699. The van der Waals surface area contributed by atoms with E-state index >= 15 is 0 Å². The van der Waals surface area contributed by atoms with Gasteiger partial charge < -0.3 is 4.52 Å². The van der Waals surface area contributed by atoms with Gasteiger partial charge in [-0.05, 0) is 12.0 Å². The molecule has 0 bridgehead atoms. The molecule has 0 aromatic heterocycles. The number of hydrogen-bond acceptors (Lipinski definition) is 3. The van der Waals surface area contributed by atoms with Crippen LogP contribution in [0.15, 0.2) is 30.3 Å². The van der Waals surface area contributed by atoms with Crippen molar-refractivity contribution in [3.05, 3.63) is 35.9 Å². The van der Waals surface area contributed by atoms with Crippen LogP contribution < -0.4 is 0 Å². The van der Waals surface area contributed by atoms with Crippen molar-refractivity contribution in [2.24, 2.45) is 0 Å². The number of hydrogen-bond donors (Lipinski definition) is 0. The summed E-state index contributed by atoms with van der Waals surface area (Å²) in [6.45, 7) is 0. The van der Waals surface area contributed by atoms with Crippen LogP contribution in [0.5, 0.6) is 0 Å². The molecular formula is C11H15O3P. The van der Waals surface area contributed by atoms with E-state index in [-0.39, 0.29) is 11.9 Å². The second-order valence-electron chi connectivity index (χ2n) is 3.28. The Balaban J connectivity index is 2.32. The molecule has 0 heterocycles. The van der Waals surface area contributed by atoms with Crippen LogP contribution in [0.1, 0.15) is 12.0 Å². The Morgan fingerprint density at radius 3 is 2.60 bits per heavy atom. The highest BCUT2D eigenvalue weighted by Crippen LogP contribution is 2.20. The molecule has 0 amide bonds. The van der Waals surface area contributed by atoms with Crippen LogP contribution in [0.25, 0.3) is 0 Å². The zero-order valence-corrected chi connectivity index (χ0v) is 9.73. The molecule has 1 aromatic carbocycles. The van der Waals surface area contributed by atoms with E-state index in [0.29, 0.717) is 12.8 Å². The summed E-state index contributed by atoms with van der Waals surface area (Å²) in [7, 11) is -0.764. The molecule has 1 aromatic rings. The monoisotopic (exact) mass is 226 g/mol. The molecule has 15 heavy (non-hydrogen) atoms. The number of aryl methyl sites for hydroxylation is 1. The van der Waals surface area contributed by atoms with Crippen molar-refractivity contribution in [3.63, 3.8) is 0 Å². The molecule has 0 aliphatic heterocycles. The second-order valence-corrected chi connectivity index (χ2v) is 4.78. The molecule has 0 fully saturated rings. The summed E-state index contributed by atoms with van der Waals surface area (Å²) in [5.74, 6) is 0.00425. The van der Waals surface area contributed by atoms with Crippen LogP contribution in [0.3, 0.4) is 0 Å². The minimum Gasteiger partial charge on any atom is -0.334 e. The fourth-order valence-electron chi connectivity index (χ4n) is 1.25. The maximum atomic E-state index is 11.3. The number of carbonyl (C=O) groups excluding carboxylic acids is 1. The smallest absolute Gasteiger partial charge is 0.198 e. The zero-order valence-electron chi connectivity index (χ0n) is 8.73. The van der Waals surface area contributed by atoms with Crippen LogP contribution in [-0.4, -0.2) is 19.1 Å². The Kier molecular flexibility index (Phi) is 5.30. The molecule has 82 valence electrons. The van der Waals surface area contributed by atoms with Crippen molar-refractivity contribution in [3.8, 4) is 0 Å². The minimum atomic E-state index is -2.13. The lowest BCUT2D eigenvalue weighted by Gasteiger charge is -2.00. The topological polar surface area (TPSA) is 43.4 Å². The van der Waals surface area contributed by atoms with E-state index in [9.17, 15) is 9.36 Å². The minimum absolute atomic E-state index is 0.00425. The third kappa shape index (κ3) is 4.91. The number of benzene rings is 1. The highest BCUT2D eigenvalue weighted by molar-refractivity contribution is 7.40. The summed E-state index contributed by atoms with van der Waals surface area (Å²) < 4.78 is 15.6. The highest BCUT2D eigenvalue weighted by atomic mass is 31.1. The molecule has 0 aliphatic rings. The molecule has 0 aliphatic carbocycles. The van der Waals surface area contributed by atoms with Gasteiger partial charge in [-0.15, -0.1) is 0 Å². The Labute approximate surface area is 90.3 Å². The molecule has 1 rings (SSSR count). The largest absolute Gasteiger partial charge is 0.334 e. The predicted molar refractivity (Wildman–Crippen MR) is 60.6 cm³/mol. The van der Waals surface area contributed by atoms with Crippen molar-refractivity contribution in [1.82, 2.24) is 0 Å². The lowest BCUT2D eigenvalue weighted by atomic mass is 10.1. The van der Waals surface area contributed by atoms with Gasteiger partial charge in [0.15, 0.2) is 8.03 Å². The lowest BCUT2D eigenvalue weighted by molar-refractivity contribution is -0.116. The van der Waals surface area contributed by atoms with Crippen molar-refractivity contribution in [1.29, 1.82) is 0 Å². The van der Waals surface area contributed by atoms with Crippen molar-refractivity contribution >= 4 is 13.8 Å². The summed E-state index contributed by atoms with van der Waals surface area (Å²) >= 11 is 0. The van der Waals surface area contributed by atoms with Gasteiger partial charge in [0, 0.05) is 13.5 Å². The van der Waals surface area contributed by atoms with Crippen LogP contribution in [-0.2, 0) is 20.3 Å². The van der Waals surface area contributed by atoms with E-state index in [0.717, 1.165) is 5.56 Å². The maximum Gasteiger partial charge on any atom is 0.198 e. The fourth-order valence-corrected chi connectivity index (χ4v) is 1.89. The van der Waals surface area contributed by atoms with E-state index in [1.807, 2.05) is 30.3 Å². The van der Waals surface area contributed by atoms with Crippen molar-refractivity contribution in [2.45, 2.75) is 12.8 Å². The third-order valence-corrected chi connectivity index (χ3v) is 3.24. The third-order valence-electron chi connectivity index (χ3n) is 2.10. The molecule has 1 atom stereocenters. The van der Waals surface area contributed by atoms with Crippen molar-refractivity contribution < 1.29 is 13.9 Å². The molecule has 1 unspecified atom stereocenters. The van der Waals surface area contributed by atoms with E-state index in [4.69, 9.17) is 0 Å². The average Bonchev–Trinajstić information content (AvgIpc) is 2.27. The Morgan fingerprint density at radius 1 is 1.33 bits per heavy atom. The first-order chi connectivity index (χ1) is 7.22. The average molecular weight is 226 g/mol. The summed E-state index contributed by atoms with van der Waals surface area (Å²) in [4.78, 5) is 11.3. The maximum absolute atomic E-state index is 11.3. The van der Waals surface area contributed by atoms with Gasteiger partial charge in [-0.2, -0.15) is 0 Å². The van der Waals surface area contributed by atoms with Gasteiger partial charge in [0.25, 0.3) is 0 Å². The zero-order chi connectivity index (χ0) is 11.1. The SMILES string of the molecule is CO[PH](=O)CC(=O)CCc1ccccc1. The summed E-state index contributed by atoms with van der Waals surface area (Å²) in [5, 5.41) is 0. The molecule has 0 saturated heterocycles. The van der Waals surface area contributed by atoms with Gasteiger partial charge in [-0.3, -0.25) is 9.36 Å². The van der Waals surface area contributed by atoms with Gasteiger partial charge in [-0.25, -0.2) is 0 Å². The Morgan fingerprint density at radius 2 is 2.00 bits per heavy atom. The number of carbonyl (C=O) groups is 1. The first kappa shape index (κ1) is 12.2. The highest BCUT2D eigenvalue weighted by Gasteiger charge is 2.06. The standard InChI is InChI=1S/C11H15O3P/c1-14-15(13)9-11(12)8-7-10-5-3-2-4-6-10/h2-6,15H,7-9H2,1H3. The normalized spacial score (nSPS) is 12.3. The molecule has 0 N–H and O–H groups in total. The van der Waals surface area contributed by atoms with E-state index in [1.54, 1.807) is 0 Å². The Bertz CT molecular complexity index is 335. The molecular weight excluding hydrogens is 211 g/mol. The summed E-state index contributed by atoms with van der Waals surface area (Å²) in [6.07, 6.45) is 1.20. The van der Waals surface area contributed by atoms with Crippen LogP contribution >= 0.6 is 8.03 Å². The molecule has 3 nitrogen and oxygen atoms in total. The van der Waals surface area contributed by atoms with Gasteiger partial charge in [-0.1, -0.05) is 30.3 Å². The van der Waals surface area contributed by atoms with Gasteiger partial charge in [0.1, 0.15) is 5.78 Å². The molecule has 0 radical (unpaired) electrons. The number of Topliss-reactive ketones (excluding diaryl/α,β-unsaturated/α-hetero) is 1. The lowest BCUT2D eigenvalue weighted by Crippen LogP contribution is -2.03. The summed E-state index contributed by atoms with van der Waals surface area (Å²) in [6, 6.07) is 9.78. The Hall–Kier alpha value is -0.920. The first-order valence-electron chi connectivity index (χ1n) is 4.85. The van der Waals surface area contributed by atoms with E-state index in [2.05, 4.69) is 4.52 Å². The van der Waals surface area contributed by atoms with Gasteiger partial charge in [0.05, 0.1) is 6.16 Å². The number of rotatable bonds is 6. The van der Waals surface area contributed by atoms with Crippen LogP contribution in [0.2, 0.25) is 0 Å². The van der Waals surface area contributed by atoms with Gasteiger partial charge in [0.2, 0.25) is 0 Å². The van der Waals surface area contributed by atoms with Crippen LogP contribution in [0.4, 0.5) is 0 Å². The van der Waals surface area contributed by atoms with Crippen LogP contribution in [0, 0.1) is 0 Å². The number of ketones is 1. The second kappa shape index (κ2) is 6.54. The fraction of sp³-hybridized carbons (Fsp3) is 0.364. The van der Waals surface area contributed by atoms with E-state index in [1.165, 1.54) is 7.11 Å². The molecule has 0 spiro atoms. The van der Waals surface area contributed by atoms with Gasteiger partial charge >= 0.3 is 0 Å². The molecule has 0 saturated carbocycles. The predicted octanol–water partition coefficient (Wildman–Crippen LogP) is 2.31.